The molecule has 152 valence electrons. The predicted molar refractivity (Wildman–Crippen MR) is 126 cm³/mol. The number of likely N-dealkylation sites (tertiary alicyclic amines) is 1. The van der Waals surface area contributed by atoms with Crippen LogP contribution in [0.2, 0.25) is 5.02 Å². The molecule has 5 rings (SSSR count). The number of aromatic nitrogens is 2. The van der Waals surface area contributed by atoms with Crippen LogP contribution in [-0.2, 0) is 0 Å². The maximum Gasteiger partial charge on any atom is 0.138 e. The number of hydrogen-bond donors (Lipinski definition) is 1. The molecule has 6 heteroatoms. The summed E-state index contributed by atoms with van der Waals surface area (Å²) >= 11 is 7.74. The van der Waals surface area contributed by atoms with Crippen molar-refractivity contribution in [3.05, 3.63) is 76.9 Å². The molecule has 1 aliphatic heterocycles. The molecule has 2 aromatic heterocycles. The minimum absolute atomic E-state index is 0.330. The van der Waals surface area contributed by atoms with Gasteiger partial charge in [0.15, 0.2) is 0 Å². The Morgan fingerprint density at radius 1 is 1.00 bits per heavy atom. The van der Waals surface area contributed by atoms with E-state index in [4.69, 9.17) is 11.6 Å². The highest BCUT2D eigenvalue weighted by atomic mass is 35.5. The first-order valence-corrected chi connectivity index (χ1v) is 11.6. The van der Waals surface area contributed by atoms with Crippen molar-refractivity contribution >= 4 is 39.0 Å². The molecule has 0 bridgehead atoms. The van der Waals surface area contributed by atoms with Gasteiger partial charge in [-0.1, -0.05) is 54.1 Å². The third-order valence-corrected chi connectivity index (χ3v) is 6.89. The van der Waals surface area contributed by atoms with E-state index in [-0.39, 0.29) is 0 Å². The molecule has 0 spiro atoms. The van der Waals surface area contributed by atoms with Crippen LogP contribution in [0.1, 0.15) is 24.4 Å². The number of benzene rings is 2. The first kappa shape index (κ1) is 19.5. The summed E-state index contributed by atoms with van der Waals surface area (Å²) in [7, 11) is 0. The van der Waals surface area contributed by atoms with Crippen LogP contribution < -0.4 is 5.32 Å². The molecule has 30 heavy (non-hydrogen) atoms. The van der Waals surface area contributed by atoms with Gasteiger partial charge in [-0.2, -0.15) is 0 Å². The van der Waals surface area contributed by atoms with E-state index < -0.39 is 0 Å². The standard InChI is InChI=1S/C24H23ClN4S/c25-19-10-8-17(9-11-19)20-15-30-24-22(20)23(27-16-28-24)26-14-21(29-12-4-5-13-29)18-6-2-1-3-7-18/h1-3,6-11,15-16,21H,4-5,12-14H2,(H,26,27,28)/t21-/m1/s1. The number of anilines is 1. The van der Waals surface area contributed by atoms with Gasteiger partial charge in [0.25, 0.3) is 0 Å². The maximum absolute atomic E-state index is 6.09. The van der Waals surface area contributed by atoms with Crippen LogP contribution in [0, 0.1) is 0 Å². The second-order valence-corrected chi connectivity index (χ2v) is 8.90. The van der Waals surface area contributed by atoms with Crippen molar-refractivity contribution in [3.63, 3.8) is 0 Å². The fraction of sp³-hybridized carbons (Fsp3) is 0.250. The lowest BCUT2D eigenvalue weighted by Gasteiger charge is -2.28. The van der Waals surface area contributed by atoms with Crippen molar-refractivity contribution in [1.82, 2.24) is 14.9 Å². The molecule has 1 aliphatic rings. The first-order chi connectivity index (χ1) is 14.8. The van der Waals surface area contributed by atoms with Crippen LogP contribution >= 0.6 is 22.9 Å². The van der Waals surface area contributed by atoms with E-state index >= 15 is 0 Å². The molecule has 1 saturated heterocycles. The number of fused-ring (bicyclic) bond motifs is 1. The smallest absolute Gasteiger partial charge is 0.138 e. The summed E-state index contributed by atoms with van der Waals surface area (Å²) < 4.78 is 0. The van der Waals surface area contributed by atoms with Crippen molar-refractivity contribution in [1.29, 1.82) is 0 Å². The number of halogens is 1. The van der Waals surface area contributed by atoms with E-state index in [0.717, 1.165) is 51.8 Å². The minimum Gasteiger partial charge on any atom is -0.367 e. The molecule has 0 radical (unpaired) electrons. The minimum atomic E-state index is 0.330. The Kier molecular flexibility index (Phi) is 5.67. The second-order valence-electron chi connectivity index (χ2n) is 7.61. The zero-order valence-electron chi connectivity index (χ0n) is 16.6. The molecule has 0 saturated carbocycles. The lowest BCUT2D eigenvalue weighted by molar-refractivity contribution is 0.256. The van der Waals surface area contributed by atoms with E-state index in [2.05, 4.69) is 68.0 Å². The Balaban J connectivity index is 1.47. The highest BCUT2D eigenvalue weighted by molar-refractivity contribution is 7.17. The molecule has 0 amide bonds. The molecule has 0 aliphatic carbocycles. The van der Waals surface area contributed by atoms with Gasteiger partial charge in [0.05, 0.1) is 11.4 Å². The Morgan fingerprint density at radius 2 is 1.77 bits per heavy atom. The van der Waals surface area contributed by atoms with Gasteiger partial charge in [-0.05, 0) is 49.2 Å². The molecule has 1 N–H and O–H groups in total. The average molecular weight is 435 g/mol. The van der Waals surface area contributed by atoms with Crippen molar-refractivity contribution in [2.45, 2.75) is 18.9 Å². The van der Waals surface area contributed by atoms with E-state index in [9.17, 15) is 0 Å². The Bertz CT molecular complexity index is 1120. The molecule has 0 unspecified atom stereocenters. The van der Waals surface area contributed by atoms with E-state index in [1.165, 1.54) is 18.4 Å². The van der Waals surface area contributed by atoms with Gasteiger partial charge in [-0.25, -0.2) is 9.97 Å². The SMILES string of the molecule is Clc1ccc(-c2csc3ncnc(NC[C@H](c4ccccc4)N4CCCC4)c23)cc1. The Hall–Kier alpha value is -2.47. The van der Waals surface area contributed by atoms with Crippen LogP contribution in [0.3, 0.4) is 0 Å². The lowest BCUT2D eigenvalue weighted by Crippen LogP contribution is -2.31. The first-order valence-electron chi connectivity index (χ1n) is 10.3. The van der Waals surface area contributed by atoms with Crippen molar-refractivity contribution in [2.75, 3.05) is 25.0 Å². The normalized spacial score (nSPS) is 15.5. The molecule has 4 nitrogen and oxygen atoms in total. The molecular formula is C24H23ClN4S. The van der Waals surface area contributed by atoms with Crippen LogP contribution in [-0.4, -0.2) is 34.5 Å². The van der Waals surface area contributed by atoms with Crippen molar-refractivity contribution in [2.24, 2.45) is 0 Å². The van der Waals surface area contributed by atoms with Crippen molar-refractivity contribution < 1.29 is 0 Å². The monoisotopic (exact) mass is 434 g/mol. The van der Waals surface area contributed by atoms with Gasteiger partial charge in [0.1, 0.15) is 17.0 Å². The van der Waals surface area contributed by atoms with E-state index in [0.29, 0.717) is 6.04 Å². The second kappa shape index (κ2) is 8.72. The highest BCUT2D eigenvalue weighted by Gasteiger charge is 2.24. The molecular weight excluding hydrogens is 412 g/mol. The van der Waals surface area contributed by atoms with Crippen LogP contribution in [0.4, 0.5) is 5.82 Å². The van der Waals surface area contributed by atoms with Gasteiger partial charge in [0.2, 0.25) is 0 Å². The number of nitrogens with zero attached hydrogens (tertiary/aromatic N) is 3. The summed E-state index contributed by atoms with van der Waals surface area (Å²) in [5.41, 5.74) is 3.62. The summed E-state index contributed by atoms with van der Waals surface area (Å²) in [5, 5.41) is 7.64. The fourth-order valence-corrected chi connectivity index (χ4v) is 5.27. The van der Waals surface area contributed by atoms with Crippen LogP contribution in [0.25, 0.3) is 21.3 Å². The lowest BCUT2D eigenvalue weighted by atomic mass is 10.0. The number of hydrogen-bond acceptors (Lipinski definition) is 5. The summed E-state index contributed by atoms with van der Waals surface area (Å²) in [4.78, 5) is 12.7. The number of nitrogens with one attached hydrogen (secondary N) is 1. The highest BCUT2D eigenvalue weighted by Crippen LogP contribution is 2.37. The number of thiophene rings is 1. The molecule has 2 aromatic carbocycles. The van der Waals surface area contributed by atoms with Crippen LogP contribution in [0.15, 0.2) is 66.3 Å². The maximum atomic E-state index is 6.09. The van der Waals surface area contributed by atoms with Gasteiger partial charge < -0.3 is 5.32 Å². The summed E-state index contributed by atoms with van der Waals surface area (Å²) in [5.74, 6) is 0.895. The summed E-state index contributed by atoms with van der Waals surface area (Å²) in [6.45, 7) is 3.11. The Labute approximate surface area is 185 Å². The van der Waals surface area contributed by atoms with Gasteiger partial charge >= 0.3 is 0 Å². The van der Waals surface area contributed by atoms with E-state index in [1.807, 2.05) is 12.1 Å². The topological polar surface area (TPSA) is 41.1 Å². The zero-order chi connectivity index (χ0) is 20.3. The largest absolute Gasteiger partial charge is 0.367 e. The third-order valence-electron chi connectivity index (χ3n) is 5.75. The van der Waals surface area contributed by atoms with Gasteiger partial charge in [0, 0.05) is 22.5 Å². The zero-order valence-corrected chi connectivity index (χ0v) is 18.2. The molecule has 1 fully saturated rings. The predicted octanol–water partition coefficient (Wildman–Crippen LogP) is 6.26. The molecule has 3 heterocycles. The van der Waals surface area contributed by atoms with Gasteiger partial charge in [-0.3, -0.25) is 4.90 Å². The molecule has 4 aromatic rings. The van der Waals surface area contributed by atoms with Gasteiger partial charge in [-0.15, -0.1) is 11.3 Å². The average Bonchev–Trinajstić information content (AvgIpc) is 3.46. The fourth-order valence-electron chi connectivity index (χ4n) is 4.23. The van der Waals surface area contributed by atoms with E-state index in [1.54, 1.807) is 17.7 Å². The number of rotatable bonds is 6. The van der Waals surface area contributed by atoms with Crippen molar-refractivity contribution in [3.8, 4) is 11.1 Å². The molecule has 1 atom stereocenters. The Morgan fingerprint density at radius 3 is 2.53 bits per heavy atom. The quantitative estimate of drug-likeness (QED) is 0.388. The summed E-state index contributed by atoms with van der Waals surface area (Å²) in [6.07, 6.45) is 4.19. The van der Waals surface area contributed by atoms with Crippen LogP contribution in [0.5, 0.6) is 0 Å². The summed E-state index contributed by atoms with van der Waals surface area (Å²) in [6, 6.07) is 19.1. The third kappa shape index (κ3) is 3.93.